The van der Waals surface area contributed by atoms with Crippen molar-refractivity contribution in [3.63, 3.8) is 0 Å². The maximum absolute atomic E-state index is 12.8. The molecule has 0 heterocycles. The van der Waals surface area contributed by atoms with Crippen LogP contribution in [0.15, 0.2) is 24.3 Å². The van der Waals surface area contributed by atoms with Crippen LogP contribution in [0.3, 0.4) is 0 Å². The normalized spacial score (nSPS) is 16.7. The molecule has 1 aliphatic rings. The van der Waals surface area contributed by atoms with Gasteiger partial charge in [0.15, 0.2) is 0 Å². The third-order valence-electron chi connectivity index (χ3n) is 4.77. The number of alkyl halides is 3. The summed E-state index contributed by atoms with van der Waals surface area (Å²) in [5.74, 6) is -1.04. The van der Waals surface area contributed by atoms with Gasteiger partial charge in [0.25, 0.3) is 0 Å². The Morgan fingerprint density at radius 2 is 1.62 bits per heavy atom. The Kier molecular flexibility index (Phi) is 6.31. The van der Waals surface area contributed by atoms with Crippen LogP contribution in [0, 0.1) is 5.41 Å². The molecule has 26 heavy (non-hydrogen) atoms. The molecule has 4 nitrogen and oxygen atoms in total. The summed E-state index contributed by atoms with van der Waals surface area (Å²) in [6, 6.07) is 4.42. The fourth-order valence-corrected chi connectivity index (χ4v) is 2.95. The zero-order valence-electron chi connectivity index (χ0n) is 15.1. The van der Waals surface area contributed by atoms with E-state index in [0.29, 0.717) is 0 Å². The van der Waals surface area contributed by atoms with Crippen molar-refractivity contribution in [2.75, 3.05) is 5.32 Å². The van der Waals surface area contributed by atoms with Crippen molar-refractivity contribution in [2.45, 2.75) is 64.6 Å². The van der Waals surface area contributed by atoms with Gasteiger partial charge < -0.3 is 10.6 Å². The Morgan fingerprint density at radius 1 is 1.00 bits per heavy atom. The van der Waals surface area contributed by atoms with Crippen LogP contribution in [0.25, 0.3) is 0 Å². The van der Waals surface area contributed by atoms with E-state index in [9.17, 15) is 22.8 Å². The lowest BCUT2D eigenvalue weighted by atomic mass is 9.90. The third-order valence-corrected chi connectivity index (χ3v) is 4.77. The number of benzene rings is 1. The van der Waals surface area contributed by atoms with Crippen molar-refractivity contribution in [1.29, 1.82) is 0 Å². The fraction of sp³-hybridized carbons (Fsp3) is 0.579. The molecule has 2 rings (SSSR count). The standard InChI is InChI=1S/C19H25F3N2O2/c1-18(2,16(25)23-14-9-5-3-4-6-10-14)17(26)24-15-11-7-8-13(12-15)19(20,21)22/h7-8,11-12,14H,3-6,9-10H2,1-2H3,(H,23,25)(H,24,26). The van der Waals surface area contributed by atoms with Gasteiger partial charge in [0, 0.05) is 11.7 Å². The molecule has 1 aliphatic carbocycles. The van der Waals surface area contributed by atoms with Gasteiger partial charge in [0.2, 0.25) is 11.8 Å². The highest BCUT2D eigenvalue weighted by Crippen LogP contribution is 2.31. The molecule has 0 radical (unpaired) electrons. The molecule has 1 aromatic rings. The van der Waals surface area contributed by atoms with E-state index in [1.807, 2.05) is 0 Å². The average Bonchev–Trinajstić information content (AvgIpc) is 2.83. The van der Waals surface area contributed by atoms with Crippen molar-refractivity contribution in [2.24, 2.45) is 5.41 Å². The molecule has 0 aromatic heterocycles. The minimum atomic E-state index is -4.49. The quantitative estimate of drug-likeness (QED) is 0.605. The van der Waals surface area contributed by atoms with E-state index in [1.54, 1.807) is 0 Å². The number of halogens is 3. The Morgan fingerprint density at radius 3 is 2.19 bits per heavy atom. The monoisotopic (exact) mass is 370 g/mol. The number of hydrogen-bond acceptors (Lipinski definition) is 2. The number of rotatable bonds is 4. The predicted molar refractivity (Wildman–Crippen MR) is 93.5 cm³/mol. The highest BCUT2D eigenvalue weighted by molar-refractivity contribution is 6.09. The zero-order valence-corrected chi connectivity index (χ0v) is 15.1. The van der Waals surface area contributed by atoms with Gasteiger partial charge in [-0.1, -0.05) is 31.7 Å². The predicted octanol–water partition coefficient (Wildman–Crippen LogP) is 4.51. The Hall–Kier alpha value is -2.05. The zero-order chi connectivity index (χ0) is 19.4. The summed E-state index contributed by atoms with van der Waals surface area (Å²) >= 11 is 0. The van der Waals surface area contributed by atoms with Crippen molar-refractivity contribution in [3.05, 3.63) is 29.8 Å². The van der Waals surface area contributed by atoms with Crippen molar-refractivity contribution < 1.29 is 22.8 Å². The minimum absolute atomic E-state index is 0.0140. The average molecular weight is 370 g/mol. The molecule has 144 valence electrons. The van der Waals surface area contributed by atoms with Gasteiger partial charge in [-0.15, -0.1) is 0 Å². The number of amides is 2. The first-order chi connectivity index (χ1) is 12.1. The molecule has 2 amide bonds. The van der Waals surface area contributed by atoms with Gasteiger partial charge in [0.05, 0.1) is 5.56 Å². The molecule has 7 heteroatoms. The van der Waals surface area contributed by atoms with Gasteiger partial charge in [-0.25, -0.2) is 0 Å². The second kappa shape index (κ2) is 8.10. The fourth-order valence-electron chi connectivity index (χ4n) is 2.95. The van der Waals surface area contributed by atoms with Gasteiger partial charge in [-0.3, -0.25) is 9.59 Å². The first-order valence-corrected chi connectivity index (χ1v) is 8.90. The number of nitrogens with one attached hydrogen (secondary N) is 2. The van der Waals surface area contributed by atoms with Crippen LogP contribution in [0.4, 0.5) is 18.9 Å². The Balaban J connectivity index is 2.03. The van der Waals surface area contributed by atoms with Crippen LogP contribution >= 0.6 is 0 Å². The van der Waals surface area contributed by atoms with Crippen LogP contribution in [0.1, 0.15) is 57.9 Å². The van der Waals surface area contributed by atoms with Crippen LogP contribution in [-0.4, -0.2) is 17.9 Å². The van der Waals surface area contributed by atoms with Crippen molar-refractivity contribution >= 4 is 17.5 Å². The second-order valence-corrected chi connectivity index (χ2v) is 7.32. The molecule has 2 N–H and O–H groups in total. The lowest BCUT2D eigenvalue weighted by molar-refractivity contribution is -0.139. The Bertz CT molecular complexity index is 648. The summed E-state index contributed by atoms with van der Waals surface area (Å²) in [6.45, 7) is 2.95. The van der Waals surface area contributed by atoms with Crippen LogP contribution in [0.2, 0.25) is 0 Å². The highest BCUT2D eigenvalue weighted by atomic mass is 19.4. The van der Waals surface area contributed by atoms with E-state index in [2.05, 4.69) is 10.6 Å². The summed E-state index contributed by atoms with van der Waals surface area (Å²) in [5.41, 5.74) is -2.23. The highest BCUT2D eigenvalue weighted by Gasteiger charge is 2.37. The topological polar surface area (TPSA) is 58.2 Å². The molecule has 0 aliphatic heterocycles. The lowest BCUT2D eigenvalue weighted by Crippen LogP contribution is -2.48. The van der Waals surface area contributed by atoms with E-state index in [0.717, 1.165) is 50.7 Å². The minimum Gasteiger partial charge on any atom is -0.352 e. The second-order valence-electron chi connectivity index (χ2n) is 7.32. The number of anilines is 1. The summed E-state index contributed by atoms with van der Waals surface area (Å²) in [7, 11) is 0. The number of carbonyl (C=O) groups is 2. The van der Waals surface area contributed by atoms with Gasteiger partial charge >= 0.3 is 6.18 Å². The lowest BCUT2D eigenvalue weighted by Gasteiger charge is -2.26. The molecule has 1 saturated carbocycles. The van der Waals surface area contributed by atoms with E-state index in [1.165, 1.54) is 26.0 Å². The van der Waals surface area contributed by atoms with Gasteiger partial charge in [0.1, 0.15) is 5.41 Å². The molecule has 1 fully saturated rings. The van der Waals surface area contributed by atoms with E-state index < -0.39 is 29.0 Å². The summed E-state index contributed by atoms with van der Waals surface area (Å²) in [4.78, 5) is 25.0. The molecule has 0 unspecified atom stereocenters. The van der Waals surface area contributed by atoms with Crippen LogP contribution in [-0.2, 0) is 15.8 Å². The maximum atomic E-state index is 12.8. The summed E-state index contributed by atoms with van der Waals surface area (Å²) < 4.78 is 38.4. The molecule has 0 saturated heterocycles. The number of carbonyl (C=O) groups excluding carboxylic acids is 2. The molecule has 0 spiro atoms. The molecule has 0 atom stereocenters. The largest absolute Gasteiger partial charge is 0.416 e. The summed E-state index contributed by atoms with van der Waals surface area (Å²) in [5, 5.41) is 5.35. The van der Waals surface area contributed by atoms with E-state index in [-0.39, 0.29) is 11.7 Å². The molecule has 0 bridgehead atoms. The Labute approximate surface area is 151 Å². The van der Waals surface area contributed by atoms with Crippen molar-refractivity contribution in [1.82, 2.24) is 5.32 Å². The van der Waals surface area contributed by atoms with Gasteiger partial charge in [-0.2, -0.15) is 13.2 Å². The first kappa shape index (κ1) is 20.3. The number of hydrogen-bond donors (Lipinski definition) is 2. The van der Waals surface area contributed by atoms with Crippen molar-refractivity contribution in [3.8, 4) is 0 Å². The molecular weight excluding hydrogens is 345 g/mol. The summed E-state index contributed by atoms with van der Waals surface area (Å²) in [6.07, 6.45) is 1.66. The SMILES string of the molecule is CC(C)(C(=O)Nc1cccc(C(F)(F)F)c1)C(=O)NC1CCCCCC1. The molecule has 1 aromatic carbocycles. The van der Waals surface area contributed by atoms with Crippen LogP contribution < -0.4 is 10.6 Å². The van der Waals surface area contributed by atoms with E-state index >= 15 is 0 Å². The van der Waals surface area contributed by atoms with Crippen LogP contribution in [0.5, 0.6) is 0 Å². The van der Waals surface area contributed by atoms with E-state index in [4.69, 9.17) is 0 Å². The molecular formula is C19H25F3N2O2. The van der Waals surface area contributed by atoms with Gasteiger partial charge in [-0.05, 0) is 44.9 Å². The first-order valence-electron chi connectivity index (χ1n) is 8.90. The third kappa shape index (κ3) is 5.22. The smallest absolute Gasteiger partial charge is 0.352 e. The maximum Gasteiger partial charge on any atom is 0.416 e.